The lowest BCUT2D eigenvalue weighted by Gasteiger charge is -2.53. The third kappa shape index (κ3) is 4.22. The quantitative estimate of drug-likeness (QED) is 0.808. The lowest BCUT2D eigenvalue weighted by atomic mass is 9.66. The summed E-state index contributed by atoms with van der Waals surface area (Å²) in [4.78, 5) is 16.3. The molecule has 1 aromatic carbocycles. The maximum Gasteiger partial charge on any atom is 0.401 e. The van der Waals surface area contributed by atoms with Gasteiger partial charge < -0.3 is 14.7 Å². The summed E-state index contributed by atoms with van der Waals surface area (Å²) >= 11 is 0. The molecule has 2 heterocycles. The number of fused-ring (bicyclic) bond motifs is 1. The summed E-state index contributed by atoms with van der Waals surface area (Å²) in [7, 11) is 0. The van der Waals surface area contributed by atoms with Gasteiger partial charge in [0.05, 0.1) is 25.4 Å². The zero-order valence-electron chi connectivity index (χ0n) is 17.0. The van der Waals surface area contributed by atoms with E-state index in [0.29, 0.717) is 13.0 Å². The number of carbonyl (C=O) groups excluding carboxylic acids is 1. The zero-order valence-corrected chi connectivity index (χ0v) is 17.0. The Balaban J connectivity index is 1.57. The summed E-state index contributed by atoms with van der Waals surface area (Å²) in [6, 6.07) is 8.45. The predicted octanol–water partition coefficient (Wildman–Crippen LogP) is 2.93. The van der Waals surface area contributed by atoms with Gasteiger partial charge in [-0.05, 0) is 24.8 Å². The van der Waals surface area contributed by atoms with Gasteiger partial charge in [0.25, 0.3) is 0 Å². The molecule has 0 aromatic heterocycles. The third-order valence-corrected chi connectivity index (χ3v) is 6.94. The van der Waals surface area contributed by atoms with Gasteiger partial charge in [0, 0.05) is 25.0 Å². The van der Waals surface area contributed by atoms with Crippen molar-refractivity contribution < 1.29 is 27.8 Å². The van der Waals surface area contributed by atoms with Crippen LogP contribution < -0.4 is 0 Å². The van der Waals surface area contributed by atoms with Crippen molar-refractivity contribution in [2.45, 2.75) is 56.0 Å². The first kappa shape index (κ1) is 21.6. The summed E-state index contributed by atoms with van der Waals surface area (Å²) in [5, 5.41) is 11.6. The summed E-state index contributed by atoms with van der Waals surface area (Å²) in [5.74, 6) is -0.419. The number of hydrogen-bond acceptors (Lipinski definition) is 4. The SMILES string of the molecule is O=C([C@@H]1COCCN1CC(F)(F)F)N1CC[C@@](O)(c2ccccc2)[C@@H]2CCCCC21. The smallest absolute Gasteiger partial charge is 0.385 e. The van der Waals surface area contributed by atoms with Crippen LogP contribution in [-0.4, -0.2) is 71.9 Å². The minimum atomic E-state index is -4.36. The van der Waals surface area contributed by atoms with Gasteiger partial charge in [0.2, 0.25) is 5.91 Å². The highest BCUT2D eigenvalue weighted by atomic mass is 19.4. The van der Waals surface area contributed by atoms with Crippen molar-refractivity contribution in [2.75, 3.05) is 32.8 Å². The number of nitrogens with zero attached hydrogens (tertiary/aromatic N) is 2. The molecule has 3 aliphatic rings. The van der Waals surface area contributed by atoms with Gasteiger partial charge in [0.15, 0.2) is 0 Å². The number of aliphatic hydroxyl groups is 1. The first-order valence-corrected chi connectivity index (χ1v) is 10.8. The van der Waals surface area contributed by atoms with Crippen LogP contribution in [0.2, 0.25) is 0 Å². The molecule has 4 atom stereocenters. The largest absolute Gasteiger partial charge is 0.401 e. The molecule has 5 nitrogen and oxygen atoms in total. The number of halogens is 3. The van der Waals surface area contributed by atoms with E-state index < -0.39 is 24.4 Å². The third-order valence-electron chi connectivity index (χ3n) is 6.94. The van der Waals surface area contributed by atoms with Crippen LogP contribution in [0.25, 0.3) is 0 Å². The molecule has 3 fully saturated rings. The number of amides is 1. The van der Waals surface area contributed by atoms with Gasteiger partial charge in [-0.25, -0.2) is 0 Å². The van der Waals surface area contributed by atoms with E-state index in [9.17, 15) is 23.1 Å². The van der Waals surface area contributed by atoms with Crippen molar-refractivity contribution in [1.82, 2.24) is 9.80 Å². The lowest BCUT2D eigenvalue weighted by Crippen LogP contribution is -2.64. The van der Waals surface area contributed by atoms with E-state index in [4.69, 9.17) is 4.74 Å². The first-order chi connectivity index (χ1) is 14.3. The number of benzene rings is 1. The van der Waals surface area contributed by atoms with Crippen molar-refractivity contribution in [3.8, 4) is 0 Å². The molecule has 1 N–H and O–H groups in total. The van der Waals surface area contributed by atoms with Crippen LogP contribution in [0, 0.1) is 5.92 Å². The average molecular weight is 426 g/mol. The number of hydrogen-bond donors (Lipinski definition) is 1. The molecule has 1 aromatic rings. The highest BCUT2D eigenvalue weighted by molar-refractivity contribution is 5.82. The van der Waals surface area contributed by atoms with Crippen LogP contribution in [0.5, 0.6) is 0 Å². The number of alkyl halides is 3. The maximum absolute atomic E-state index is 13.4. The molecule has 4 rings (SSSR count). The minimum Gasteiger partial charge on any atom is -0.385 e. The van der Waals surface area contributed by atoms with E-state index in [1.165, 1.54) is 4.90 Å². The van der Waals surface area contributed by atoms with Crippen LogP contribution >= 0.6 is 0 Å². The fourth-order valence-corrected chi connectivity index (χ4v) is 5.52. The van der Waals surface area contributed by atoms with Crippen molar-refractivity contribution in [3.05, 3.63) is 35.9 Å². The fraction of sp³-hybridized carbons (Fsp3) is 0.682. The molecule has 1 unspecified atom stereocenters. The molecule has 0 spiro atoms. The summed E-state index contributed by atoms with van der Waals surface area (Å²) < 4.78 is 44.5. The first-order valence-electron chi connectivity index (χ1n) is 10.8. The second-order valence-electron chi connectivity index (χ2n) is 8.71. The molecule has 1 saturated carbocycles. The highest BCUT2D eigenvalue weighted by Gasteiger charge is 2.51. The molecule has 8 heteroatoms. The molecule has 30 heavy (non-hydrogen) atoms. The van der Waals surface area contributed by atoms with Gasteiger partial charge in [-0.1, -0.05) is 43.2 Å². The number of morpholine rings is 1. The molecule has 2 saturated heterocycles. The molecular weight excluding hydrogens is 397 g/mol. The normalized spacial score (nSPS) is 33.2. The Morgan fingerprint density at radius 3 is 2.63 bits per heavy atom. The highest BCUT2D eigenvalue weighted by Crippen LogP contribution is 2.47. The number of ether oxygens (including phenoxy) is 1. The van der Waals surface area contributed by atoms with Crippen molar-refractivity contribution in [1.29, 1.82) is 0 Å². The minimum absolute atomic E-state index is 0.0221. The average Bonchev–Trinajstić information content (AvgIpc) is 2.74. The Bertz CT molecular complexity index is 745. The van der Waals surface area contributed by atoms with Crippen LogP contribution in [0.1, 0.15) is 37.7 Å². The number of rotatable bonds is 3. The second kappa shape index (κ2) is 8.48. The molecule has 0 bridgehead atoms. The summed E-state index contributed by atoms with van der Waals surface area (Å²) in [6.07, 6.45) is -0.491. The molecule has 166 valence electrons. The number of carbonyl (C=O) groups is 1. The van der Waals surface area contributed by atoms with Crippen LogP contribution in [0.3, 0.4) is 0 Å². The Morgan fingerprint density at radius 2 is 1.90 bits per heavy atom. The summed E-state index contributed by atoms with van der Waals surface area (Å²) in [6.45, 7) is -0.512. The Labute approximate surface area is 174 Å². The van der Waals surface area contributed by atoms with Gasteiger partial charge in [-0.2, -0.15) is 13.2 Å². The molecule has 2 aliphatic heterocycles. The van der Waals surface area contributed by atoms with Gasteiger partial charge in [0.1, 0.15) is 6.04 Å². The number of piperidine rings is 1. The fourth-order valence-electron chi connectivity index (χ4n) is 5.52. The van der Waals surface area contributed by atoms with Gasteiger partial charge in [-0.3, -0.25) is 9.69 Å². The van der Waals surface area contributed by atoms with E-state index in [2.05, 4.69) is 0 Å². The van der Waals surface area contributed by atoms with Crippen molar-refractivity contribution in [3.63, 3.8) is 0 Å². The van der Waals surface area contributed by atoms with E-state index >= 15 is 0 Å². The van der Waals surface area contributed by atoms with Crippen molar-refractivity contribution >= 4 is 5.91 Å². The number of likely N-dealkylation sites (tertiary alicyclic amines) is 1. The van der Waals surface area contributed by atoms with E-state index in [0.717, 1.165) is 31.2 Å². The van der Waals surface area contributed by atoms with Crippen molar-refractivity contribution in [2.24, 2.45) is 5.92 Å². The summed E-state index contributed by atoms with van der Waals surface area (Å²) in [5.41, 5.74) is -0.161. The Kier molecular flexibility index (Phi) is 6.10. The topological polar surface area (TPSA) is 53.0 Å². The van der Waals surface area contributed by atoms with E-state index in [1.807, 2.05) is 30.3 Å². The van der Waals surface area contributed by atoms with E-state index in [1.54, 1.807) is 4.90 Å². The van der Waals surface area contributed by atoms with E-state index in [-0.39, 0.29) is 37.6 Å². The maximum atomic E-state index is 13.4. The zero-order chi connectivity index (χ0) is 21.4. The lowest BCUT2D eigenvalue weighted by molar-refractivity contribution is -0.179. The second-order valence-corrected chi connectivity index (χ2v) is 8.71. The van der Waals surface area contributed by atoms with Crippen LogP contribution in [0.15, 0.2) is 30.3 Å². The van der Waals surface area contributed by atoms with Gasteiger partial charge in [-0.15, -0.1) is 0 Å². The van der Waals surface area contributed by atoms with Crippen LogP contribution in [0.4, 0.5) is 13.2 Å². The monoisotopic (exact) mass is 426 g/mol. The molecule has 1 amide bonds. The predicted molar refractivity (Wildman–Crippen MR) is 105 cm³/mol. The Morgan fingerprint density at radius 1 is 1.17 bits per heavy atom. The van der Waals surface area contributed by atoms with Gasteiger partial charge >= 0.3 is 6.18 Å². The standard InChI is InChI=1S/C22H29F3N2O3/c23-22(24,25)15-26-12-13-30-14-19(26)20(28)27-11-10-21(29,16-6-2-1-3-7-16)17-8-4-5-9-18(17)27/h1-3,6-7,17-19,29H,4-5,8-15H2/t17-,18?,19+,21-/m1/s1. The Hall–Kier alpha value is -1.64. The molecule has 0 radical (unpaired) electrons. The van der Waals surface area contributed by atoms with Crippen LogP contribution in [-0.2, 0) is 15.1 Å². The molecular formula is C22H29F3N2O3. The molecule has 1 aliphatic carbocycles.